The minimum atomic E-state index is 0.0808. The Balaban J connectivity index is 1.45. The van der Waals surface area contributed by atoms with E-state index in [1.54, 1.807) is 4.90 Å². The van der Waals surface area contributed by atoms with Crippen LogP contribution in [0.15, 0.2) is 0 Å². The molecule has 3 rings (SSSR count). The second kappa shape index (κ2) is 10.6. The molecule has 1 unspecified atom stereocenters. The van der Waals surface area contributed by atoms with Crippen molar-refractivity contribution in [1.82, 2.24) is 9.97 Å². The number of nitrogens with two attached hydrogens (primary N) is 1. The van der Waals surface area contributed by atoms with Crippen LogP contribution in [0.5, 0.6) is 0 Å². The van der Waals surface area contributed by atoms with Crippen LogP contribution in [-0.2, 0) is 16.0 Å². The lowest BCUT2D eigenvalue weighted by molar-refractivity contribution is -0.117. The van der Waals surface area contributed by atoms with E-state index in [1.807, 2.05) is 0 Å². The molecule has 1 amide bonds. The summed E-state index contributed by atoms with van der Waals surface area (Å²) in [6, 6.07) is 0. The first-order chi connectivity index (χ1) is 13.7. The summed E-state index contributed by atoms with van der Waals surface area (Å²) in [5, 5.41) is 3.21. The van der Waals surface area contributed by atoms with Crippen LogP contribution in [0.3, 0.4) is 0 Å². The summed E-state index contributed by atoms with van der Waals surface area (Å²) in [6.45, 7) is 4.59. The van der Waals surface area contributed by atoms with Gasteiger partial charge in [0.15, 0.2) is 0 Å². The summed E-state index contributed by atoms with van der Waals surface area (Å²) in [6.07, 6.45) is 12.3. The molecular weight excluding hydrogens is 354 g/mol. The minimum absolute atomic E-state index is 0.0808. The second-order valence-electron chi connectivity index (χ2n) is 7.93. The second-order valence-corrected chi connectivity index (χ2v) is 7.93. The molecule has 7 nitrogen and oxygen atoms in total. The Morgan fingerprint density at radius 2 is 2.04 bits per heavy atom. The highest BCUT2D eigenvalue weighted by Crippen LogP contribution is 2.31. The fraction of sp³-hybridized carbons (Fsp3) is 0.762. The molecule has 0 radical (unpaired) electrons. The van der Waals surface area contributed by atoms with Gasteiger partial charge < -0.3 is 15.8 Å². The molecule has 0 saturated carbocycles. The number of rotatable bonds is 11. The lowest BCUT2D eigenvalue weighted by Crippen LogP contribution is -2.28. The topological polar surface area (TPSA) is 93.4 Å². The first-order valence-corrected chi connectivity index (χ1v) is 11.0. The third-order valence-corrected chi connectivity index (χ3v) is 5.65. The van der Waals surface area contributed by atoms with Gasteiger partial charge in [-0.3, -0.25) is 9.69 Å². The van der Waals surface area contributed by atoms with Gasteiger partial charge in [-0.1, -0.05) is 32.6 Å². The molecule has 1 aromatic rings. The van der Waals surface area contributed by atoms with Gasteiger partial charge in [0.2, 0.25) is 11.9 Å². The lowest BCUT2D eigenvalue weighted by Gasteiger charge is -2.22. The summed E-state index contributed by atoms with van der Waals surface area (Å²) in [7, 11) is 0. The number of fused-ring (bicyclic) bond motifs is 1. The third kappa shape index (κ3) is 5.56. The summed E-state index contributed by atoms with van der Waals surface area (Å²) in [4.78, 5) is 23.1. The van der Waals surface area contributed by atoms with Crippen LogP contribution in [0.2, 0.25) is 0 Å². The molecule has 3 heterocycles. The first kappa shape index (κ1) is 20.8. The van der Waals surface area contributed by atoms with Crippen molar-refractivity contribution in [2.75, 3.05) is 35.6 Å². The van der Waals surface area contributed by atoms with Crippen molar-refractivity contribution in [3.8, 4) is 0 Å². The number of hydrogen-bond acceptors (Lipinski definition) is 6. The van der Waals surface area contributed by atoms with Crippen LogP contribution >= 0.6 is 0 Å². The van der Waals surface area contributed by atoms with Crippen molar-refractivity contribution in [1.29, 1.82) is 0 Å². The molecule has 156 valence electrons. The van der Waals surface area contributed by atoms with E-state index < -0.39 is 0 Å². The van der Waals surface area contributed by atoms with E-state index in [2.05, 4.69) is 22.2 Å². The molecule has 3 N–H and O–H groups in total. The predicted octanol–water partition coefficient (Wildman–Crippen LogP) is 3.68. The van der Waals surface area contributed by atoms with E-state index in [0.717, 1.165) is 44.4 Å². The van der Waals surface area contributed by atoms with Gasteiger partial charge in [0.25, 0.3) is 0 Å². The molecule has 0 aliphatic carbocycles. The summed E-state index contributed by atoms with van der Waals surface area (Å²) in [5.74, 6) is 1.73. The minimum Gasteiger partial charge on any atom is -0.383 e. The van der Waals surface area contributed by atoms with Crippen molar-refractivity contribution in [3.63, 3.8) is 0 Å². The Morgan fingerprint density at radius 1 is 1.18 bits per heavy atom. The zero-order valence-corrected chi connectivity index (χ0v) is 17.2. The predicted molar refractivity (Wildman–Crippen MR) is 113 cm³/mol. The zero-order chi connectivity index (χ0) is 19.8. The zero-order valence-electron chi connectivity index (χ0n) is 17.2. The molecule has 0 aromatic carbocycles. The van der Waals surface area contributed by atoms with E-state index in [0.29, 0.717) is 36.7 Å². The highest BCUT2D eigenvalue weighted by Gasteiger charge is 2.31. The van der Waals surface area contributed by atoms with Gasteiger partial charge in [0.1, 0.15) is 11.6 Å². The third-order valence-electron chi connectivity index (χ3n) is 5.65. The highest BCUT2D eigenvalue weighted by molar-refractivity contribution is 6.01. The van der Waals surface area contributed by atoms with Crippen LogP contribution in [0.4, 0.5) is 17.6 Å². The lowest BCUT2D eigenvalue weighted by atomic mass is 10.0. The monoisotopic (exact) mass is 389 g/mol. The average molecular weight is 390 g/mol. The number of nitrogen functional groups attached to an aromatic ring is 1. The standard InChI is InChI=1S/C21H35N5O2/c1-2-3-12-23-21-24-19(22)17-15-18(27)26(20(17)25-21)13-8-5-4-6-10-16-11-7-9-14-28-16/h16H,2-15H2,1H3,(H3,22,23,24,25). The Bertz CT molecular complexity index is 646. The summed E-state index contributed by atoms with van der Waals surface area (Å²) in [5.41, 5.74) is 6.86. The Labute approximate surface area is 168 Å². The van der Waals surface area contributed by atoms with E-state index in [1.165, 1.54) is 38.5 Å². The van der Waals surface area contributed by atoms with Gasteiger partial charge >= 0.3 is 0 Å². The van der Waals surface area contributed by atoms with Crippen molar-refractivity contribution in [2.45, 2.75) is 83.7 Å². The van der Waals surface area contributed by atoms with E-state index in [-0.39, 0.29) is 5.91 Å². The maximum Gasteiger partial charge on any atom is 0.232 e. The number of nitrogens with zero attached hydrogens (tertiary/aromatic N) is 3. The first-order valence-electron chi connectivity index (χ1n) is 11.0. The quantitative estimate of drug-likeness (QED) is 0.561. The molecule has 1 atom stereocenters. The average Bonchev–Trinajstić information content (AvgIpc) is 3.02. The van der Waals surface area contributed by atoms with Crippen molar-refractivity contribution < 1.29 is 9.53 Å². The molecule has 28 heavy (non-hydrogen) atoms. The van der Waals surface area contributed by atoms with Crippen LogP contribution in [0.1, 0.15) is 76.7 Å². The molecule has 0 bridgehead atoms. The number of unbranched alkanes of at least 4 members (excludes halogenated alkanes) is 4. The smallest absolute Gasteiger partial charge is 0.232 e. The van der Waals surface area contributed by atoms with Crippen LogP contribution in [-0.4, -0.2) is 41.7 Å². The Hall–Kier alpha value is -1.89. The number of anilines is 3. The summed E-state index contributed by atoms with van der Waals surface area (Å²) < 4.78 is 5.79. The van der Waals surface area contributed by atoms with Gasteiger partial charge in [-0.15, -0.1) is 0 Å². The number of amides is 1. The molecule has 0 spiro atoms. The maximum atomic E-state index is 12.4. The van der Waals surface area contributed by atoms with Gasteiger partial charge in [0, 0.05) is 25.3 Å². The molecular formula is C21H35N5O2. The van der Waals surface area contributed by atoms with Crippen molar-refractivity contribution in [3.05, 3.63) is 5.56 Å². The molecule has 1 fully saturated rings. The number of hydrogen-bond donors (Lipinski definition) is 2. The van der Waals surface area contributed by atoms with Crippen LogP contribution in [0, 0.1) is 0 Å². The highest BCUT2D eigenvalue weighted by atomic mass is 16.5. The fourth-order valence-corrected chi connectivity index (χ4v) is 3.96. The van der Waals surface area contributed by atoms with Crippen LogP contribution in [0.25, 0.3) is 0 Å². The van der Waals surface area contributed by atoms with Gasteiger partial charge in [-0.05, 0) is 38.5 Å². The van der Waals surface area contributed by atoms with Gasteiger partial charge in [-0.2, -0.15) is 9.97 Å². The molecule has 2 aliphatic heterocycles. The Kier molecular flexibility index (Phi) is 7.89. The SMILES string of the molecule is CCCCNc1nc(N)c2c(n1)N(CCCCCCC1CCCCO1)C(=O)C2. The van der Waals surface area contributed by atoms with E-state index in [9.17, 15) is 4.79 Å². The van der Waals surface area contributed by atoms with Gasteiger partial charge in [0.05, 0.1) is 12.5 Å². The summed E-state index contributed by atoms with van der Waals surface area (Å²) >= 11 is 0. The van der Waals surface area contributed by atoms with Crippen LogP contribution < -0.4 is 16.0 Å². The van der Waals surface area contributed by atoms with E-state index >= 15 is 0 Å². The number of carbonyl (C=O) groups is 1. The van der Waals surface area contributed by atoms with Gasteiger partial charge in [-0.25, -0.2) is 0 Å². The molecule has 7 heteroatoms. The maximum absolute atomic E-state index is 12.4. The fourth-order valence-electron chi connectivity index (χ4n) is 3.96. The normalized spacial score (nSPS) is 19.1. The molecule has 1 saturated heterocycles. The number of nitrogens with one attached hydrogen (secondary N) is 1. The number of ether oxygens (including phenoxy) is 1. The largest absolute Gasteiger partial charge is 0.383 e. The molecule has 2 aliphatic rings. The van der Waals surface area contributed by atoms with E-state index in [4.69, 9.17) is 10.5 Å². The van der Waals surface area contributed by atoms with Crippen molar-refractivity contribution in [2.24, 2.45) is 0 Å². The number of carbonyl (C=O) groups excluding carboxylic acids is 1. The van der Waals surface area contributed by atoms with Crippen molar-refractivity contribution >= 4 is 23.5 Å². The molecule has 1 aromatic heterocycles. The Morgan fingerprint density at radius 3 is 2.82 bits per heavy atom. The number of aromatic nitrogens is 2.